The van der Waals surface area contributed by atoms with Gasteiger partial charge in [-0.25, -0.2) is 4.79 Å². The van der Waals surface area contributed by atoms with Crippen LogP contribution >= 0.6 is 0 Å². The van der Waals surface area contributed by atoms with E-state index in [0.717, 1.165) is 6.07 Å². The minimum Gasteiger partial charge on any atom is -0.478 e. The predicted molar refractivity (Wildman–Crippen MR) is 59.8 cm³/mol. The average Bonchev–Trinajstić information content (AvgIpc) is 2.81. The Hall–Kier alpha value is -2.63. The molecular formula is C11H8N2O4. The molecule has 6 nitrogen and oxygen atoms in total. The first-order valence-electron chi connectivity index (χ1n) is 4.75. The zero-order chi connectivity index (χ0) is 12.4. The van der Waals surface area contributed by atoms with Crippen LogP contribution < -0.4 is 0 Å². The SMILES string of the molecule is O=C(O)c1cc([N+](=O)[O-])ccc1-c1ccc[nH]1. The molecular weight excluding hydrogens is 224 g/mol. The summed E-state index contributed by atoms with van der Waals surface area (Å²) in [6.07, 6.45) is 1.66. The number of H-pyrrole nitrogens is 1. The molecule has 0 saturated carbocycles. The second-order valence-electron chi connectivity index (χ2n) is 3.38. The van der Waals surface area contributed by atoms with Gasteiger partial charge in [0.2, 0.25) is 0 Å². The number of aromatic amines is 1. The van der Waals surface area contributed by atoms with Gasteiger partial charge in [0.05, 0.1) is 10.5 Å². The number of non-ortho nitro benzene ring substituents is 1. The number of rotatable bonds is 3. The summed E-state index contributed by atoms with van der Waals surface area (Å²) in [5.41, 5.74) is 0.699. The third-order valence-corrected chi connectivity index (χ3v) is 2.33. The van der Waals surface area contributed by atoms with Crippen molar-refractivity contribution in [2.75, 3.05) is 0 Å². The molecule has 0 bridgehead atoms. The van der Waals surface area contributed by atoms with E-state index in [1.807, 2.05) is 0 Å². The van der Waals surface area contributed by atoms with Crippen molar-refractivity contribution in [2.24, 2.45) is 0 Å². The van der Waals surface area contributed by atoms with E-state index in [-0.39, 0.29) is 11.3 Å². The monoisotopic (exact) mass is 232 g/mol. The first kappa shape index (κ1) is 10.9. The fourth-order valence-electron chi connectivity index (χ4n) is 1.56. The Morgan fingerprint density at radius 1 is 1.35 bits per heavy atom. The third-order valence-electron chi connectivity index (χ3n) is 2.33. The van der Waals surface area contributed by atoms with E-state index in [2.05, 4.69) is 4.98 Å². The topological polar surface area (TPSA) is 96.2 Å². The number of nitrogens with one attached hydrogen (secondary N) is 1. The summed E-state index contributed by atoms with van der Waals surface area (Å²) < 4.78 is 0. The van der Waals surface area contributed by atoms with Crippen molar-refractivity contribution in [3.05, 3.63) is 52.2 Å². The summed E-state index contributed by atoms with van der Waals surface area (Å²) in [5.74, 6) is -1.20. The van der Waals surface area contributed by atoms with E-state index < -0.39 is 10.9 Å². The summed E-state index contributed by atoms with van der Waals surface area (Å²) >= 11 is 0. The molecule has 0 radical (unpaired) electrons. The number of nitro benzene ring substituents is 1. The smallest absolute Gasteiger partial charge is 0.336 e. The highest BCUT2D eigenvalue weighted by molar-refractivity contribution is 5.96. The molecule has 0 aliphatic carbocycles. The third kappa shape index (κ3) is 2.00. The van der Waals surface area contributed by atoms with E-state index >= 15 is 0 Å². The van der Waals surface area contributed by atoms with Gasteiger partial charge < -0.3 is 10.1 Å². The van der Waals surface area contributed by atoms with Gasteiger partial charge >= 0.3 is 5.97 Å². The van der Waals surface area contributed by atoms with Crippen LogP contribution in [0.2, 0.25) is 0 Å². The fourth-order valence-corrected chi connectivity index (χ4v) is 1.56. The van der Waals surface area contributed by atoms with E-state index in [4.69, 9.17) is 5.11 Å². The summed E-state index contributed by atoms with van der Waals surface area (Å²) in [4.78, 5) is 23.9. The van der Waals surface area contributed by atoms with E-state index in [1.165, 1.54) is 12.1 Å². The largest absolute Gasteiger partial charge is 0.478 e. The van der Waals surface area contributed by atoms with Crippen LogP contribution in [-0.4, -0.2) is 21.0 Å². The van der Waals surface area contributed by atoms with Gasteiger partial charge in [0.25, 0.3) is 5.69 Å². The molecule has 2 N–H and O–H groups in total. The maximum absolute atomic E-state index is 11.1. The van der Waals surface area contributed by atoms with Crippen molar-refractivity contribution in [1.82, 2.24) is 4.98 Å². The van der Waals surface area contributed by atoms with Crippen molar-refractivity contribution < 1.29 is 14.8 Å². The lowest BCUT2D eigenvalue weighted by molar-refractivity contribution is -0.384. The number of carbonyl (C=O) groups is 1. The first-order chi connectivity index (χ1) is 8.09. The average molecular weight is 232 g/mol. The number of benzene rings is 1. The number of carboxylic acid groups (broad SMARTS) is 1. The van der Waals surface area contributed by atoms with Gasteiger partial charge in [-0.05, 0) is 18.2 Å². The van der Waals surface area contributed by atoms with Crippen LogP contribution in [-0.2, 0) is 0 Å². The summed E-state index contributed by atoms with van der Waals surface area (Å²) in [7, 11) is 0. The normalized spacial score (nSPS) is 10.1. The Balaban J connectivity index is 2.61. The Morgan fingerprint density at radius 2 is 2.12 bits per heavy atom. The van der Waals surface area contributed by atoms with Crippen LogP contribution in [0.15, 0.2) is 36.5 Å². The number of nitro groups is 1. The number of carboxylic acids is 1. The molecule has 0 aliphatic heterocycles. The summed E-state index contributed by atoms with van der Waals surface area (Å²) in [6.45, 7) is 0. The zero-order valence-corrected chi connectivity index (χ0v) is 8.58. The minimum absolute atomic E-state index is 0.0957. The van der Waals surface area contributed by atoms with Crippen LogP contribution in [0.25, 0.3) is 11.3 Å². The number of hydrogen-bond acceptors (Lipinski definition) is 3. The molecule has 1 heterocycles. The highest BCUT2D eigenvalue weighted by Gasteiger charge is 2.17. The second kappa shape index (κ2) is 4.09. The molecule has 2 aromatic rings. The van der Waals surface area contributed by atoms with Crippen molar-refractivity contribution in [2.45, 2.75) is 0 Å². The van der Waals surface area contributed by atoms with E-state index in [0.29, 0.717) is 11.3 Å². The van der Waals surface area contributed by atoms with Crippen molar-refractivity contribution in [3.63, 3.8) is 0 Å². The van der Waals surface area contributed by atoms with Crippen LogP contribution in [0.5, 0.6) is 0 Å². The predicted octanol–water partition coefficient (Wildman–Crippen LogP) is 2.29. The quantitative estimate of drug-likeness (QED) is 0.626. The van der Waals surface area contributed by atoms with Crippen molar-refractivity contribution in [3.8, 4) is 11.3 Å². The molecule has 0 fully saturated rings. The van der Waals surface area contributed by atoms with Gasteiger partial charge in [-0.3, -0.25) is 10.1 Å². The maximum atomic E-state index is 11.1. The number of aromatic nitrogens is 1. The van der Waals surface area contributed by atoms with Gasteiger partial charge in [0.15, 0.2) is 0 Å². The standard InChI is InChI=1S/C11H8N2O4/c14-11(15)9-6-7(13(16)17)3-4-8(9)10-2-1-5-12-10/h1-6,12H,(H,14,15). The molecule has 0 saturated heterocycles. The lowest BCUT2D eigenvalue weighted by Crippen LogP contribution is -2.01. The molecule has 0 spiro atoms. The Labute approximate surface area is 95.7 Å². The Bertz CT molecular complexity index is 575. The van der Waals surface area contributed by atoms with Crippen LogP contribution in [0.1, 0.15) is 10.4 Å². The molecule has 6 heteroatoms. The molecule has 0 aliphatic rings. The van der Waals surface area contributed by atoms with Crippen LogP contribution in [0, 0.1) is 10.1 Å². The minimum atomic E-state index is -1.20. The molecule has 2 rings (SSSR count). The van der Waals surface area contributed by atoms with Gasteiger partial charge in [0.1, 0.15) is 0 Å². The number of aromatic carboxylic acids is 1. The highest BCUT2D eigenvalue weighted by Crippen LogP contribution is 2.26. The van der Waals surface area contributed by atoms with Gasteiger partial charge in [-0.2, -0.15) is 0 Å². The molecule has 0 amide bonds. The molecule has 0 atom stereocenters. The molecule has 1 aromatic heterocycles. The van der Waals surface area contributed by atoms with Gasteiger partial charge in [0, 0.05) is 29.6 Å². The Kier molecular flexibility index (Phi) is 2.61. The van der Waals surface area contributed by atoms with Crippen molar-refractivity contribution >= 4 is 11.7 Å². The van der Waals surface area contributed by atoms with Crippen LogP contribution in [0.3, 0.4) is 0 Å². The maximum Gasteiger partial charge on any atom is 0.336 e. The van der Waals surface area contributed by atoms with Crippen LogP contribution in [0.4, 0.5) is 5.69 Å². The Morgan fingerprint density at radius 3 is 2.65 bits per heavy atom. The number of nitrogens with zero attached hydrogens (tertiary/aromatic N) is 1. The highest BCUT2D eigenvalue weighted by atomic mass is 16.6. The number of hydrogen-bond donors (Lipinski definition) is 2. The van der Waals surface area contributed by atoms with Gasteiger partial charge in [-0.15, -0.1) is 0 Å². The molecule has 0 unspecified atom stereocenters. The summed E-state index contributed by atoms with van der Waals surface area (Å²) in [6, 6.07) is 7.19. The summed E-state index contributed by atoms with van der Waals surface area (Å²) in [5, 5.41) is 19.6. The molecule has 86 valence electrons. The first-order valence-corrected chi connectivity index (χ1v) is 4.75. The van der Waals surface area contributed by atoms with Crippen molar-refractivity contribution in [1.29, 1.82) is 0 Å². The zero-order valence-electron chi connectivity index (χ0n) is 8.58. The lowest BCUT2D eigenvalue weighted by Gasteiger charge is -2.03. The second-order valence-corrected chi connectivity index (χ2v) is 3.38. The molecule has 17 heavy (non-hydrogen) atoms. The lowest BCUT2D eigenvalue weighted by atomic mass is 10.0. The van der Waals surface area contributed by atoms with E-state index in [9.17, 15) is 14.9 Å². The fraction of sp³-hybridized carbons (Fsp3) is 0. The molecule has 1 aromatic carbocycles. The van der Waals surface area contributed by atoms with E-state index in [1.54, 1.807) is 18.3 Å². The van der Waals surface area contributed by atoms with Gasteiger partial charge in [-0.1, -0.05) is 0 Å².